The molecule has 3 aromatic carbocycles. The summed E-state index contributed by atoms with van der Waals surface area (Å²) in [7, 11) is 0. The van der Waals surface area contributed by atoms with Crippen LogP contribution >= 0.6 is 11.6 Å². The summed E-state index contributed by atoms with van der Waals surface area (Å²) >= 11 is 6.17. The van der Waals surface area contributed by atoms with Gasteiger partial charge < -0.3 is 15.5 Å². The second-order valence-electron chi connectivity index (χ2n) is 15.7. The number of Topliss-reactive ketones (excluding diaryl/α,β-unsaturated/α-hetero) is 1. The van der Waals surface area contributed by atoms with Crippen LogP contribution in [0.3, 0.4) is 0 Å². The topological polar surface area (TPSA) is 139 Å². The van der Waals surface area contributed by atoms with Gasteiger partial charge >= 0.3 is 0 Å². The number of anilines is 1. The number of amides is 3. The minimum absolute atomic E-state index is 0.0766. The maximum Gasteiger partial charge on any atom is 0.247 e. The van der Waals surface area contributed by atoms with E-state index in [4.69, 9.17) is 16.7 Å². The fourth-order valence-corrected chi connectivity index (χ4v) is 9.26. The van der Waals surface area contributed by atoms with E-state index in [-0.39, 0.29) is 64.6 Å². The fraction of sp³-hybridized carbons (Fsp3) is 0.372. The van der Waals surface area contributed by atoms with Gasteiger partial charge in [-0.3, -0.25) is 23.9 Å². The fourth-order valence-electron chi connectivity index (χ4n) is 9.01. The van der Waals surface area contributed by atoms with Crippen molar-refractivity contribution in [3.8, 4) is 22.3 Å². The lowest BCUT2D eigenvalue weighted by atomic mass is 9.95. The van der Waals surface area contributed by atoms with E-state index in [9.17, 15) is 28.0 Å². The molecule has 3 amide bonds. The molecule has 4 heterocycles. The molecule has 11 nitrogen and oxygen atoms in total. The molecule has 2 aromatic heterocycles. The van der Waals surface area contributed by atoms with Crippen LogP contribution in [0.4, 0.5) is 18.9 Å². The normalized spacial score (nSPS) is 22.3. The molecule has 300 valence electrons. The van der Waals surface area contributed by atoms with Crippen molar-refractivity contribution in [3.05, 3.63) is 94.4 Å². The zero-order chi connectivity index (χ0) is 41.0. The van der Waals surface area contributed by atoms with Crippen LogP contribution in [0, 0.1) is 35.7 Å². The molecule has 1 unspecified atom stereocenters. The summed E-state index contributed by atoms with van der Waals surface area (Å²) in [5, 5.41) is 10.8. The first-order valence-electron chi connectivity index (χ1n) is 19.4. The first-order chi connectivity index (χ1) is 27.8. The van der Waals surface area contributed by atoms with Crippen molar-refractivity contribution in [2.45, 2.75) is 84.3 Å². The predicted molar refractivity (Wildman–Crippen MR) is 211 cm³/mol. The van der Waals surface area contributed by atoms with Crippen LogP contribution in [0.2, 0.25) is 5.02 Å². The largest absolute Gasteiger partial charge is 0.355 e. The van der Waals surface area contributed by atoms with Crippen LogP contribution in [0.5, 0.6) is 0 Å². The van der Waals surface area contributed by atoms with Gasteiger partial charge in [-0.1, -0.05) is 43.5 Å². The standard InChI is InChI=1S/C43H41ClF3N7O4/c1-22-41-43(22)17-35(42(58)51-34-11-8-10-28(38(34)47)29-15-32(45)33(46)16-31(29)44)54(41)37(57)20-53-40-25(9-6-4-5-7-12-36(56)50-21-43)13-26(27-18-48-24(3)49-19-27)14-30(40)39(52-53)23(2)55/h8,10-11,13-16,18-19,22,35,41H,4-7,9,12,17,20-21H2,1-3H3,(H,50,56)(H,51,58)/t22-,35-,41?,43+/m0/s1. The Morgan fingerprint density at radius 2 is 1.67 bits per heavy atom. The maximum absolute atomic E-state index is 16.1. The Bertz CT molecular complexity index is 2510. The van der Waals surface area contributed by atoms with E-state index in [2.05, 4.69) is 20.6 Å². The second kappa shape index (κ2) is 15.3. The highest BCUT2D eigenvalue weighted by Crippen LogP contribution is 2.64. The number of rotatable bonds is 5. The van der Waals surface area contributed by atoms with Gasteiger partial charge in [0.2, 0.25) is 17.7 Å². The van der Waals surface area contributed by atoms with Crippen molar-refractivity contribution >= 4 is 51.7 Å². The lowest BCUT2D eigenvalue weighted by Gasteiger charge is -2.28. The van der Waals surface area contributed by atoms with Gasteiger partial charge in [-0.15, -0.1) is 0 Å². The number of nitrogens with one attached hydrogen (secondary N) is 2. The second-order valence-corrected chi connectivity index (χ2v) is 16.1. The average molecular weight is 812 g/mol. The Morgan fingerprint density at radius 3 is 2.41 bits per heavy atom. The Labute approximate surface area is 337 Å². The summed E-state index contributed by atoms with van der Waals surface area (Å²) in [6.07, 6.45) is 7.76. The quantitative estimate of drug-likeness (QED) is 0.138. The van der Waals surface area contributed by atoms with E-state index in [1.807, 2.05) is 19.1 Å². The number of ketones is 1. The Kier molecular flexibility index (Phi) is 10.3. The molecule has 15 heteroatoms. The third-order valence-electron chi connectivity index (χ3n) is 12.1. The highest BCUT2D eigenvalue weighted by molar-refractivity contribution is 6.33. The molecular formula is C43H41ClF3N7O4. The summed E-state index contributed by atoms with van der Waals surface area (Å²) in [6, 6.07) is 8.03. The van der Waals surface area contributed by atoms with Crippen LogP contribution in [0.25, 0.3) is 33.2 Å². The number of aromatic nitrogens is 4. The highest BCUT2D eigenvalue weighted by atomic mass is 35.5. The molecule has 4 atom stereocenters. The lowest BCUT2D eigenvalue weighted by molar-refractivity contribution is -0.139. The molecule has 0 radical (unpaired) electrons. The number of nitrogens with zero attached hydrogens (tertiary/aromatic N) is 5. The van der Waals surface area contributed by atoms with Gasteiger partial charge in [0.05, 0.1) is 16.2 Å². The molecule has 1 saturated carbocycles. The molecule has 2 aliphatic heterocycles. The van der Waals surface area contributed by atoms with Gasteiger partial charge in [-0.2, -0.15) is 5.10 Å². The minimum atomic E-state index is -1.22. The van der Waals surface area contributed by atoms with Crippen LogP contribution in [-0.2, 0) is 27.3 Å². The van der Waals surface area contributed by atoms with E-state index >= 15 is 4.39 Å². The average Bonchev–Trinajstić information content (AvgIpc) is 3.44. The van der Waals surface area contributed by atoms with Gasteiger partial charge in [0.1, 0.15) is 24.1 Å². The summed E-state index contributed by atoms with van der Waals surface area (Å²) in [4.78, 5) is 65.4. The molecule has 58 heavy (non-hydrogen) atoms. The van der Waals surface area contributed by atoms with Crippen LogP contribution in [0.15, 0.2) is 54.9 Å². The number of hydrogen-bond donors (Lipinski definition) is 2. The molecule has 3 aliphatic rings. The van der Waals surface area contributed by atoms with Crippen molar-refractivity contribution in [2.24, 2.45) is 11.3 Å². The molecule has 2 fully saturated rings. The zero-order valence-corrected chi connectivity index (χ0v) is 32.9. The summed E-state index contributed by atoms with van der Waals surface area (Å²) in [5.74, 6) is -4.28. The SMILES string of the molecule is CC(=O)c1nn2c3c(cc(-c4cnc(C)nc4)cc13)CCCCCCC(=O)NC[C@@]13C[C@@H](C(=O)Nc4cccc(-c5cc(F)c(F)cc5Cl)c4F)N(C(=O)C2)C1[C@@H]3C. The zero-order valence-electron chi connectivity index (χ0n) is 32.2. The Balaban J connectivity index is 1.18. The van der Waals surface area contributed by atoms with Crippen molar-refractivity contribution < 1.29 is 32.3 Å². The monoisotopic (exact) mass is 811 g/mol. The summed E-state index contributed by atoms with van der Waals surface area (Å²) < 4.78 is 45.7. The minimum Gasteiger partial charge on any atom is -0.355 e. The number of aryl methyl sites for hydroxylation is 2. The number of halogens is 4. The van der Waals surface area contributed by atoms with Gasteiger partial charge in [-0.25, -0.2) is 23.1 Å². The van der Waals surface area contributed by atoms with Crippen molar-refractivity contribution in [1.82, 2.24) is 30.0 Å². The maximum atomic E-state index is 16.1. The molecule has 5 aromatic rings. The smallest absolute Gasteiger partial charge is 0.247 e. The third kappa shape index (κ3) is 7.01. The van der Waals surface area contributed by atoms with Crippen LogP contribution in [0.1, 0.15) is 74.2 Å². The van der Waals surface area contributed by atoms with E-state index in [1.54, 1.807) is 24.0 Å². The molecule has 1 saturated heterocycles. The first-order valence-corrected chi connectivity index (χ1v) is 19.8. The van der Waals surface area contributed by atoms with E-state index in [0.29, 0.717) is 36.0 Å². The van der Waals surface area contributed by atoms with E-state index < -0.39 is 46.8 Å². The molecule has 8 rings (SSSR count). The molecule has 2 bridgehead atoms. The lowest BCUT2D eigenvalue weighted by Crippen LogP contribution is -2.47. The van der Waals surface area contributed by atoms with Crippen LogP contribution in [-0.4, -0.2) is 66.8 Å². The number of carbonyl (C=O) groups excluding carboxylic acids is 4. The molecule has 2 N–H and O–H groups in total. The third-order valence-corrected chi connectivity index (χ3v) is 12.4. The molecule has 1 aliphatic carbocycles. The van der Waals surface area contributed by atoms with Gasteiger partial charge in [0.15, 0.2) is 23.2 Å². The molecular weight excluding hydrogens is 771 g/mol. The summed E-state index contributed by atoms with van der Waals surface area (Å²) in [6.45, 7) is 5.16. The van der Waals surface area contributed by atoms with Crippen molar-refractivity contribution in [2.75, 3.05) is 11.9 Å². The predicted octanol–water partition coefficient (Wildman–Crippen LogP) is 7.61. The van der Waals surface area contributed by atoms with Gasteiger partial charge in [0, 0.05) is 65.8 Å². The number of benzene rings is 3. The highest BCUT2D eigenvalue weighted by Gasteiger charge is 2.72. The number of piperidine rings is 1. The summed E-state index contributed by atoms with van der Waals surface area (Å²) in [5.41, 5.74) is 2.16. The Morgan fingerprint density at radius 1 is 0.948 bits per heavy atom. The van der Waals surface area contributed by atoms with Crippen molar-refractivity contribution in [1.29, 1.82) is 0 Å². The number of hydrogen-bond acceptors (Lipinski definition) is 7. The number of carbonyl (C=O) groups is 4. The van der Waals surface area contributed by atoms with E-state index in [1.165, 1.54) is 30.0 Å². The first kappa shape index (κ1) is 39.2. The Hall–Kier alpha value is -5.63. The van der Waals surface area contributed by atoms with Crippen LogP contribution < -0.4 is 10.6 Å². The van der Waals surface area contributed by atoms with Crippen molar-refractivity contribution in [3.63, 3.8) is 0 Å². The van der Waals surface area contributed by atoms with Gasteiger partial charge in [-0.05, 0) is 80.0 Å². The molecule has 0 spiro atoms. The van der Waals surface area contributed by atoms with Gasteiger partial charge in [0.25, 0.3) is 0 Å². The van der Waals surface area contributed by atoms with E-state index in [0.717, 1.165) is 48.1 Å².